The molecule has 1 unspecified atom stereocenters. The fourth-order valence-corrected chi connectivity index (χ4v) is 3.07. The first kappa shape index (κ1) is 19.4. The number of para-hydroxylation sites is 1. The third-order valence-corrected chi connectivity index (χ3v) is 4.71. The van der Waals surface area contributed by atoms with Crippen LogP contribution in [-0.2, 0) is 11.2 Å². The molecule has 4 heteroatoms. The molecule has 28 heavy (non-hydrogen) atoms. The second-order valence-corrected chi connectivity index (χ2v) is 6.80. The van der Waals surface area contributed by atoms with Crippen molar-refractivity contribution in [2.45, 2.75) is 26.3 Å². The summed E-state index contributed by atoms with van der Waals surface area (Å²) in [6.07, 6.45) is 0.267. The van der Waals surface area contributed by atoms with Crippen LogP contribution >= 0.6 is 0 Å². The van der Waals surface area contributed by atoms with E-state index in [-0.39, 0.29) is 24.3 Å². The number of amides is 2. The number of anilines is 1. The first-order valence-corrected chi connectivity index (χ1v) is 9.34. The van der Waals surface area contributed by atoms with E-state index in [0.717, 1.165) is 16.7 Å². The molecule has 0 aromatic heterocycles. The van der Waals surface area contributed by atoms with Crippen LogP contribution in [0.4, 0.5) is 5.69 Å². The lowest BCUT2D eigenvalue weighted by atomic mass is 10.1. The topological polar surface area (TPSA) is 58.2 Å². The molecule has 0 fully saturated rings. The summed E-state index contributed by atoms with van der Waals surface area (Å²) in [4.78, 5) is 25.3. The number of benzene rings is 3. The van der Waals surface area contributed by atoms with Gasteiger partial charge in [0.25, 0.3) is 5.91 Å². The maximum absolute atomic E-state index is 12.8. The molecule has 0 saturated heterocycles. The lowest BCUT2D eigenvalue weighted by molar-refractivity contribution is -0.115. The van der Waals surface area contributed by atoms with Crippen LogP contribution in [0.2, 0.25) is 0 Å². The molecule has 0 spiro atoms. The highest BCUT2D eigenvalue weighted by molar-refractivity contribution is 6.04. The Morgan fingerprint density at radius 2 is 1.50 bits per heavy atom. The van der Waals surface area contributed by atoms with Crippen molar-refractivity contribution in [1.82, 2.24) is 5.32 Å². The predicted molar refractivity (Wildman–Crippen MR) is 112 cm³/mol. The Morgan fingerprint density at radius 1 is 0.857 bits per heavy atom. The van der Waals surface area contributed by atoms with Gasteiger partial charge in [0.2, 0.25) is 5.91 Å². The summed E-state index contributed by atoms with van der Waals surface area (Å²) in [6, 6.07) is 24.5. The summed E-state index contributed by atoms with van der Waals surface area (Å²) < 4.78 is 0. The molecule has 1 atom stereocenters. The summed E-state index contributed by atoms with van der Waals surface area (Å²) in [7, 11) is 0. The first-order chi connectivity index (χ1) is 13.5. The van der Waals surface area contributed by atoms with Crippen molar-refractivity contribution in [3.63, 3.8) is 0 Å². The van der Waals surface area contributed by atoms with Gasteiger partial charge in [0.15, 0.2) is 0 Å². The Labute approximate surface area is 165 Å². The lowest BCUT2D eigenvalue weighted by Crippen LogP contribution is -2.28. The Balaban J connectivity index is 1.71. The molecule has 0 aliphatic rings. The van der Waals surface area contributed by atoms with E-state index >= 15 is 0 Å². The Hall–Kier alpha value is -3.40. The number of hydrogen-bond donors (Lipinski definition) is 2. The number of hydrogen-bond acceptors (Lipinski definition) is 2. The largest absolute Gasteiger partial charge is 0.345 e. The van der Waals surface area contributed by atoms with Crippen molar-refractivity contribution >= 4 is 17.5 Å². The molecular weight excluding hydrogens is 348 g/mol. The first-order valence-electron chi connectivity index (χ1n) is 9.34. The molecule has 0 heterocycles. The van der Waals surface area contributed by atoms with E-state index < -0.39 is 0 Å². The second-order valence-electron chi connectivity index (χ2n) is 6.80. The van der Waals surface area contributed by atoms with Crippen LogP contribution in [0.25, 0.3) is 0 Å². The molecule has 0 bridgehead atoms. The summed E-state index contributed by atoms with van der Waals surface area (Å²) >= 11 is 0. The zero-order valence-corrected chi connectivity index (χ0v) is 16.1. The van der Waals surface area contributed by atoms with Crippen LogP contribution in [0.1, 0.15) is 40.0 Å². The van der Waals surface area contributed by atoms with E-state index in [0.29, 0.717) is 11.3 Å². The molecule has 2 amide bonds. The summed E-state index contributed by atoms with van der Waals surface area (Å²) in [6.45, 7) is 3.92. The van der Waals surface area contributed by atoms with E-state index in [1.165, 1.54) is 0 Å². The molecule has 3 aromatic rings. The second kappa shape index (κ2) is 9.00. The minimum Gasteiger partial charge on any atom is -0.345 e. The van der Waals surface area contributed by atoms with E-state index in [4.69, 9.17) is 0 Å². The fourth-order valence-electron chi connectivity index (χ4n) is 3.07. The van der Waals surface area contributed by atoms with Crippen LogP contribution in [0, 0.1) is 6.92 Å². The number of aryl methyl sites for hydroxylation is 1. The van der Waals surface area contributed by atoms with Crippen LogP contribution in [-0.4, -0.2) is 11.8 Å². The average Bonchev–Trinajstić information content (AvgIpc) is 2.70. The van der Waals surface area contributed by atoms with Crippen molar-refractivity contribution < 1.29 is 9.59 Å². The van der Waals surface area contributed by atoms with Gasteiger partial charge in [-0.25, -0.2) is 0 Å². The van der Waals surface area contributed by atoms with Crippen LogP contribution in [0.3, 0.4) is 0 Å². The molecule has 4 nitrogen and oxygen atoms in total. The molecule has 0 radical (unpaired) electrons. The van der Waals surface area contributed by atoms with Gasteiger partial charge < -0.3 is 10.6 Å². The Morgan fingerprint density at radius 3 is 2.25 bits per heavy atom. The highest BCUT2D eigenvalue weighted by Gasteiger charge is 2.16. The van der Waals surface area contributed by atoms with Crippen molar-refractivity contribution in [2.75, 3.05) is 5.32 Å². The van der Waals surface area contributed by atoms with E-state index in [2.05, 4.69) is 10.6 Å². The molecule has 2 N–H and O–H groups in total. The average molecular weight is 372 g/mol. The molecule has 0 saturated carbocycles. The molecule has 3 rings (SSSR count). The standard InChI is InChI=1S/C24H24N2O2/c1-17-10-6-7-13-20(17)16-23(27)26-22-15-9-8-14-21(22)24(28)25-18(2)19-11-4-3-5-12-19/h3-15,18H,16H2,1-2H3,(H,25,28)(H,26,27). The van der Waals surface area contributed by atoms with Crippen molar-refractivity contribution in [3.05, 3.63) is 101 Å². The van der Waals surface area contributed by atoms with Crippen molar-refractivity contribution in [2.24, 2.45) is 0 Å². The molecule has 3 aromatic carbocycles. The SMILES string of the molecule is Cc1ccccc1CC(=O)Nc1ccccc1C(=O)NC(C)c1ccccc1. The molecular formula is C24H24N2O2. The number of rotatable bonds is 6. The van der Waals surface area contributed by atoms with Gasteiger partial charge in [-0.2, -0.15) is 0 Å². The number of carbonyl (C=O) groups is 2. The quantitative estimate of drug-likeness (QED) is 0.661. The van der Waals surface area contributed by atoms with Crippen molar-refractivity contribution in [3.8, 4) is 0 Å². The van der Waals surface area contributed by atoms with Crippen LogP contribution in [0.5, 0.6) is 0 Å². The maximum Gasteiger partial charge on any atom is 0.253 e. The van der Waals surface area contributed by atoms with E-state index in [9.17, 15) is 9.59 Å². The summed E-state index contributed by atoms with van der Waals surface area (Å²) in [5.74, 6) is -0.367. The third-order valence-electron chi connectivity index (χ3n) is 4.71. The Kier molecular flexibility index (Phi) is 6.22. The van der Waals surface area contributed by atoms with Gasteiger partial charge in [-0.05, 0) is 42.7 Å². The highest BCUT2D eigenvalue weighted by atomic mass is 16.2. The van der Waals surface area contributed by atoms with Gasteiger partial charge in [-0.15, -0.1) is 0 Å². The van der Waals surface area contributed by atoms with Gasteiger partial charge in [0, 0.05) is 0 Å². The summed E-state index contributed by atoms with van der Waals surface area (Å²) in [5, 5.41) is 5.88. The molecule has 0 aliphatic carbocycles. The fraction of sp³-hybridized carbons (Fsp3) is 0.167. The van der Waals surface area contributed by atoms with Crippen LogP contribution < -0.4 is 10.6 Å². The van der Waals surface area contributed by atoms with Gasteiger partial charge in [-0.3, -0.25) is 9.59 Å². The minimum atomic E-state index is -0.219. The minimum absolute atomic E-state index is 0.135. The smallest absolute Gasteiger partial charge is 0.253 e. The highest BCUT2D eigenvalue weighted by Crippen LogP contribution is 2.18. The maximum atomic E-state index is 12.8. The van der Waals surface area contributed by atoms with Crippen molar-refractivity contribution in [1.29, 1.82) is 0 Å². The Bertz CT molecular complexity index is 967. The lowest BCUT2D eigenvalue weighted by Gasteiger charge is -2.16. The predicted octanol–water partition coefficient (Wildman–Crippen LogP) is 4.67. The van der Waals surface area contributed by atoms with Crippen LogP contribution in [0.15, 0.2) is 78.9 Å². The van der Waals surface area contributed by atoms with Gasteiger partial charge in [-0.1, -0.05) is 66.7 Å². The number of carbonyl (C=O) groups excluding carboxylic acids is 2. The monoisotopic (exact) mass is 372 g/mol. The van der Waals surface area contributed by atoms with Gasteiger partial charge >= 0.3 is 0 Å². The van der Waals surface area contributed by atoms with Gasteiger partial charge in [0.05, 0.1) is 23.7 Å². The summed E-state index contributed by atoms with van der Waals surface area (Å²) in [5.41, 5.74) is 4.03. The zero-order valence-electron chi connectivity index (χ0n) is 16.1. The normalized spacial score (nSPS) is 11.5. The van der Waals surface area contributed by atoms with E-state index in [1.54, 1.807) is 24.3 Å². The van der Waals surface area contributed by atoms with E-state index in [1.807, 2.05) is 68.4 Å². The third kappa shape index (κ3) is 4.86. The van der Waals surface area contributed by atoms with Gasteiger partial charge in [0.1, 0.15) is 0 Å². The number of nitrogens with one attached hydrogen (secondary N) is 2. The zero-order chi connectivity index (χ0) is 19.9. The molecule has 142 valence electrons. The molecule has 0 aliphatic heterocycles.